The normalized spacial score (nSPS) is 18.7. The number of nitrogens with zero attached hydrogens (tertiary/aromatic N) is 3. The Morgan fingerprint density at radius 1 is 1.13 bits per heavy atom. The molecule has 2 saturated carbocycles. The number of pyridine rings is 1. The van der Waals surface area contributed by atoms with Crippen molar-refractivity contribution in [2.75, 3.05) is 0 Å². The Labute approximate surface area is 181 Å². The fraction of sp³-hybridized carbons (Fsp3) is 0.458. The number of carbonyl (C=O) groups is 1. The quantitative estimate of drug-likeness (QED) is 0.592. The van der Waals surface area contributed by atoms with E-state index in [1.807, 2.05) is 24.4 Å². The highest BCUT2D eigenvalue weighted by atomic mass is 32.1. The van der Waals surface area contributed by atoms with Crippen molar-refractivity contribution < 1.29 is 4.79 Å². The minimum Gasteiger partial charge on any atom is -0.350 e. The minimum absolute atomic E-state index is 0.150. The van der Waals surface area contributed by atoms with Gasteiger partial charge in [-0.3, -0.25) is 14.5 Å². The lowest BCUT2D eigenvalue weighted by molar-refractivity contribution is -0.126. The number of thiophene rings is 1. The highest BCUT2D eigenvalue weighted by Gasteiger charge is 2.43. The molecular weight excluding hydrogens is 392 g/mol. The van der Waals surface area contributed by atoms with Gasteiger partial charge in [-0.05, 0) is 55.3 Å². The van der Waals surface area contributed by atoms with Crippen LogP contribution in [0.2, 0.25) is 0 Å². The predicted octanol–water partition coefficient (Wildman–Crippen LogP) is 5.25. The van der Waals surface area contributed by atoms with Crippen molar-refractivity contribution in [1.82, 2.24) is 20.1 Å². The summed E-state index contributed by atoms with van der Waals surface area (Å²) in [5.74, 6) is 0.150. The fourth-order valence-corrected chi connectivity index (χ4v) is 6.10. The molecule has 1 N–H and O–H groups in total. The van der Waals surface area contributed by atoms with E-state index in [2.05, 4.69) is 38.6 Å². The monoisotopic (exact) mass is 420 g/mol. The summed E-state index contributed by atoms with van der Waals surface area (Å²) in [6.45, 7) is 0.464. The summed E-state index contributed by atoms with van der Waals surface area (Å²) < 4.78 is 2.15. The Morgan fingerprint density at radius 2 is 1.97 bits per heavy atom. The van der Waals surface area contributed by atoms with Crippen molar-refractivity contribution in [2.24, 2.45) is 0 Å². The van der Waals surface area contributed by atoms with Crippen molar-refractivity contribution >= 4 is 17.2 Å². The van der Waals surface area contributed by atoms with E-state index in [4.69, 9.17) is 5.10 Å². The van der Waals surface area contributed by atoms with E-state index >= 15 is 0 Å². The van der Waals surface area contributed by atoms with Crippen molar-refractivity contribution in [2.45, 2.75) is 69.4 Å². The Bertz CT molecular complexity index is 984. The molecule has 0 aliphatic heterocycles. The summed E-state index contributed by atoms with van der Waals surface area (Å²) in [6.07, 6.45) is 10.8. The van der Waals surface area contributed by atoms with Crippen LogP contribution in [0, 0.1) is 0 Å². The zero-order valence-corrected chi connectivity index (χ0v) is 18.0. The Hall–Kier alpha value is -2.47. The molecule has 3 aromatic heterocycles. The lowest BCUT2D eigenvalue weighted by Gasteiger charge is -2.26. The number of amides is 1. The fourth-order valence-electron chi connectivity index (χ4n) is 5.12. The first kappa shape index (κ1) is 19.5. The second kappa shape index (κ2) is 8.34. The van der Waals surface area contributed by atoms with E-state index in [9.17, 15) is 4.79 Å². The Kier molecular flexibility index (Phi) is 5.42. The second-order valence-corrected chi connectivity index (χ2v) is 9.52. The van der Waals surface area contributed by atoms with Crippen molar-refractivity contribution in [1.29, 1.82) is 0 Å². The summed E-state index contributed by atoms with van der Waals surface area (Å²) in [4.78, 5) is 19.1. The molecule has 3 aromatic rings. The lowest BCUT2D eigenvalue weighted by atomic mass is 9.83. The first-order chi connectivity index (χ1) is 14.8. The van der Waals surface area contributed by atoms with E-state index in [1.54, 1.807) is 11.3 Å². The molecule has 2 fully saturated rings. The van der Waals surface area contributed by atoms with Gasteiger partial charge in [0.05, 0.1) is 35.1 Å². The first-order valence-electron chi connectivity index (χ1n) is 11.1. The van der Waals surface area contributed by atoms with Crippen LogP contribution in [0.5, 0.6) is 0 Å². The molecule has 156 valence electrons. The van der Waals surface area contributed by atoms with Crippen molar-refractivity contribution in [3.63, 3.8) is 0 Å². The average molecular weight is 421 g/mol. The highest BCUT2D eigenvalue weighted by molar-refractivity contribution is 7.10. The molecular formula is C24H28N4OS. The van der Waals surface area contributed by atoms with Crippen LogP contribution >= 0.6 is 11.3 Å². The van der Waals surface area contributed by atoms with E-state index in [-0.39, 0.29) is 11.3 Å². The van der Waals surface area contributed by atoms with Gasteiger partial charge in [0.1, 0.15) is 0 Å². The molecule has 1 amide bonds. The number of rotatable bonds is 6. The van der Waals surface area contributed by atoms with Gasteiger partial charge >= 0.3 is 0 Å². The topological polar surface area (TPSA) is 59.8 Å². The van der Waals surface area contributed by atoms with E-state index in [1.165, 1.54) is 17.7 Å². The SMILES string of the molecule is O=C(NCc1cc(-c2ccccn2)n(C2CCCC2)n1)C1(c2cccs2)CCCC1. The number of carbonyl (C=O) groups excluding carboxylic acids is 1. The van der Waals surface area contributed by atoms with Crippen LogP contribution in [0.4, 0.5) is 0 Å². The summed E-state index contributed by atoms with van der Waals surface area (Å²) in [6, 6.07) is 12.7. The van der Waals surface area contributed by atoms with E-state index < -0.39 is 0 Å². The second-order valence-electron chi connectivity index (χ2n) is 8.57. The van der Waals surface area contributed by atoms with Gasteiger partial charge in [0.15, 0.2) is 0 Å². The van der Waals surface area contributed by atoms with Gasteiger partial charge in [0, 0.05) is 11.1 Å². The van der Waals surface area contributed by atoms with Crippen molar-refractivity contribution in [3.05, 3.63) is 58.5 Å². The van der Waals surface area contributed by atoms with E-state index in [0.717, 1.165) is 55.6 Å². The molecule has 0 atom stereocenters. The number of hydrogen-bond acceptors (Lipinski definition) is 4. The molecule has 6 heteroatoms. The standard InChI is InChI=1S/C24H28N4OS/c29-23(24(12-4-5-13-24)22-11-7-15-30-22)26-17-18-16-21(20-10-3-6-14-25-20)28(27-18)19-8-1-2-9-19/h3,6-7,10-11,14-16,19H,1-2,4-5,8-9,12-13,17H2,(H,26,29). The average Bonchev–Trinajstić information content (AvgIpc) is 3.58. The predicted molar refractivity (Wildman–Crippen MR) is 119 cm³/mol. The third-order valence-corrected chi connectivity index (χ3v) is 7.77. The van der Waals surface area contributed by atoms with Crippen LogP contribution in [0.15, 0.2) is 48.0 Å². The van der Waals surface area contributed by atoms with Gasteiger partial charge in [-0.25, -0.2) is 0 Å². The van der Waals surface area contributed by atoms with Gasteiger partial charge in [-0.15, -0.1) is 11.3 Å². The summed E-state index contributed by atoms with van der Waals surface area (Å²) in [7, 11) is 0. The van der Waals surface area contributed by atoms with Crippen LogP contribution in [0.3, 0.4) is 0 Å². The number of nitrogens with one attached hydrogen (secondary N) is 1. The number of hydrogen-bond donors (Lipinski definition) is 1. The van der Waals surface area contributed by atoms with Crippen LogP contribution in [0.1, 0.15) is 68.0 Å². The van der Waals surface area contributed by atoms with Gasteiger partial charge in [-0.2, -0.15) is 5.10 Å². The van der Waals surface area contributed by atoms with Gasteiger partial charge in [-0.1, -0.05) is 37.8 Å². The molecule has 5 rings (SSSR count). The van der Waals surface area contributed by atoms with Crippen molar-refractivity contribution in [3.8, 4) is 11.4 Å². The molecule has 2 aliphatic rings. The molecule has 0 radical (unpaired) electrons. The Balaban J connectivity index is 1.38. The molecule has 5 nitrogen and oxygen atoms in total. The summed E-state index contributed by atoms with van der Waals surface area (Å²) in [5, 5.41) is 10.2. The molecule has 0 saturated heterocycles. The Morgan fingerprint density at radius 3 is 2.67 bits per heavy atom. The largest absolute Gasteiger partial charge is 0.350 e. The van der Waals surface area contributed by atoms with Gasteiger partial charge in [0.25, 0.3) is 0 Å². The number of aromatic nitrogens is 3. The molecule has 30 heavy (non-hydrogen) atoms. The maximum Gasteiger partial charge on any atom is 0.231 e. The smallest absolute Gasteiger partial charge is 0.231 e. The zero-order valence-electron chi connectivity index (χ0n) is 17.2. The molecule has 0 aromatic carbocycles. The zero-order chi connectivity index (χ0) is 20.4. The highest BCUT2D eigenvalue weighted by Crippen LogP contribution is 2.43. The maximum absolute atomic E-state index is 13.3. The lowest BCUT2D eigenvalue weighted by Crippen LogP contribution is -2.41. The van der Waals surface area contributed by atoms with Gasteiger partial charge < -0.3 is 5.32 Å². The van der Waals surface area contributed by atoms with Crippen LogP contribution in [-0.2, 0) is 16.8 Å². The third kappa shape index (κ3) is 3.58. The maximum atomic E-state index is 13.3. The summed E-state index contributed by atoms with van der Waals surface area (Å²) in [5.41, 5.74) is 2.56. The molecule has 0 spiro atoms. The first-order valence-corrected chi connectivity index (χ1v) is 12.0. The molecule has 0 unspecified atom stereocenters. The van der Waals surface area contributed by atoms with Crippen LogP contribution in [-0.4, -0.2) is 20.7 Å². The van der Waals surface area contributed by atoms with Crippen LogP contribution < -0.4 is 5.32 Å². The summed E-state index contributed by atoms with van der Waals surface area (Å²) >= 11 is 1.70. The minimum atomic E-state index is -0.355. The van der Waals surface area contributed by atoms with Crippen LogP contribution in [0.25, 0.3) is 11.4 Å². The molecule has 2 aliphatic carbocycles. The van der Waals surface area contributed by atoms with Gasteiger partial charge in [0.2, 0.25) is 5.91 Å². The third-order valence-electron chi connectivity index (χ3n) is 6.70. The molecule has 3 heterocycles. The molecule has 0 bridgehead atoms. The van der Waals surface area contributed by atoms with E-state index in [0.29, 0.717) is 12.6 Å².